The number of ether oxygens (including phenoxy) is 2. The first-order chi connectivity index (χ1) is 9.65. The lowest BCUT2D eigenvalue weighted by Gasteiger charge is -2.30. The van der Waals surface area contributed by atoms with Gasteiger partial charge < -0.3 is 20.1 Å². The summed E-state index contributed by atoms with van der Waals surface area (Å²) in [6.45, 7) is 3.11. The molecule has 2 unspecified atom stereocenters. The molecule has 110 valence electrons. The Balaban J connectivity index is 2.08. The Morgan fingerprint density at radius 1 is 1.30 bits per heavy atom. The van der Waals surface area contributed by atoms with E-state index < -0.39 is 0 Å². The predicted octanol–water partition coefficient (Wildman–Crippen LogP) is 1.57. The highest BCUT2D eigenvalue weighted by atomic mass is 16.5. The highest BCUT2D eigenvalue weighted by Crippen LogP contribution is 2.27. The molecular weight excluding hydrogens is 256 g/mol. The first-order valence-electron chi connectivity index (χ1n) is 6.92. The molecule has 1 heterocycles. The number of rotatable bonds is 4. The Kier molecular flexibility index (Phi) is 4.84. The second-order valence-corrected chi connectivity index (χ2v) is 5.03. The molecule has 0 radical (unpaired) electrons. The molecule has 5 nitrogen and oxygen atoms in total. The van der Waals surface area contributed by atoms with Crippen molar-refractivity contribution < 1.29 is 14.3 Å². The Hall–Kier alpha value is -1.75. The van der Waals surface area contributed by atoms with Crippen LogP contribution < -0.4 is 20.1 Å². The standard InChI is InChI=1S/C15H22N2O3/c1-10-12(5-4-8-16-10)17-15(18)11-6-7-13(19-2)14(9-11)20-3/h6-7,9-10,12,16H,4-5,8H2,1-3H3,(H,17,18). The molecule has 1 aromatic carbocycles. The van der Waals surface area contributed by atoms with Gasteiger partial charge in [-0.25, -0.2) is 0 Å². The molecule has 0 spiro atoms. The number of carbonyl (C=O) groups excluding carboxylic acids is 1. The summed E-state index contributed by atoms with van der Waals surface area (Å²) in [4.78, 5) is 12.3. The molecule has 2 N–H and O–H groups in total. The van der Waals surface area contributed by atoms with Crippen LogP contribution in [0.25, 0.3) is 0 Å². The molecule has 20 heavy (non-hydrogen) atoms. The molecule has 1 aromatic rings. The lowest BCUT2D eigenvalue weighted by atomic mass is 9.99. The Bertz CT molecular complexity index is 476. The molecule has 1 amide bonds. The van der Waals surface area contributed by atoms with Crippen molar-refractivity contribution in [2.75, 3.05) is 20.8 Å². The van der Waals surface area contributed by atoms with Crippen LogP contribution in [0, 0.1) is 0 Å². The zero-order chi connectivity index (χ0) is 14.5. The summed E-state index contributed by atoms with van der Waals surface area (Å²) in [6.07, 6.45) is 2.09. The molecule has 1 aliphatic heterocycles. The molecule has 2 atom stereocenters. The Morgan fingerprint density at radius 3 is 2.70 bits per heavy atom. The van der Waals surface area contributed by atoms with Gasteiger partial charge in [0, 0.05) is 17.6 Å². The van der Waals surface area contributed by atoms with Crippen LogP contribution in [-0.2, 0) is 0 Å². The number of amides is 1. The zero-order valence-electron chi connectivity index (χ0n) is 12.2. The summed E-state index contributed by atoms with van der Waals surface area (Å²) < 4.78 is 10.4. The van der Waals surface area contributed by atoms with Crippen molar-refractivity contribution in [2.24, 2.45) is 0 Å². The third kappa shape index (κ3) is 3.22. The minimum absolute atomic E-state index is 0.0773. The van der Waals surface area contributed by atoms with Crippen LogP contribution in [0.3, 0.4) is 0 Å². The third-order valence-electron chi connectivity index (χ3n) is 3.72. The number of methoxy groups -OCH3 is 2. The molecule has 1 fully saturated rings. The third-order valence-corrected chi connectivity index (χ3v) is 3.72. The van der Waals surface area contributed by atoms with Crippen molar-refractivity contribution in [1.29, 1.82) is 0 Å². The minimum atomic E-state index is -0.0773. The molecule has 1 aliphatic rings. The van der Waals surface area contributed by atoms with Crippen molar-refractivity contribution >= 4 is 5.91 Å². The van der Waals surface area contributed by atoms with E-state index in [1.54, 1.807) is 32.4 Å². The number of hydrogen-bond donors (Lipinski definition) is 2. The summed E-state index contributed by atoms with van der Waals surface area (Å²) in [5, 5.41) is 6.45. The molecule has 0 aliphatic carbocycles. The van der Waals surface area contributed by atoms with Crippen LogP contribution in [-0.4, -0.2) is 38.8 Å². The van der Waals surface area contributed by atoms with Crippen molar-refractivity contribution in [3.05, 3.63) is 23.8 Å². The first kappa shape index (κ1) is 14.7. The zero-order valence-corrected chi connectivity index (χ0v) is 12.2. The fraction of sp³-hybridized carbons (Fsp3) is 0.533. The van der Waals surface area contributed by atoms with Gasteiger partial charge in [-0.2, -0.15) is 0 Å². The van der Waals surface area contributed by atoms with Gasteiger partial charge in [-0.05, 0) is 44.5 Å². The van der Waals surface area contributed by atoms with E-state index >= 15 is 0 Å². The molecule has 5 heteroatoms. The van der Waals surface area contributed by atoms with E-state index in [2.05, 4.69) is 17.6 Å². The minimum Gasteiger partial charge on any atom is -0.493 e. The van der Waals surface area contributed by atoms with Crippen LogP contribution in [0.1, 0.15) is 30.1 Å². The Labute approximate surface area is 119 Å². The molecule has 0 saturated carbocycles. The van der Waals surface area contributed by atoms with Crippen molar-refractivity contribution in [3.63, 3.8) is 0 Å². The molecule has 1 saturated heterocycles. The lowest BCUT2D eigenvalue weighted by Crippen LogP contribution is -2.51. The maximum absolute atomic E-state index is 12.3. The quantitative estimate of drug-likeness (QED) is 0.878. The fourth-order valence-electron chi connectivity index (χ4n) is 2.47. The summed E-state index contributed by atoms with van der Waals surface area (Å²) >= 11 is 0. The average molecular weight is 278 g/mol. The molecule has 2 rings (SSSR count). The van der Waals surface area contributed by atoms with Gasteiger partial charge in [0.15, 0.2) is 11.5 Å². The van der Waals surface area contributed by atoms with E-state index in [0.29, 0.717) is 23.1 Å². The summed E-state index contributed by atoms with van der Waals surface area (Å²) in [5.41, 5.74) is 0.584. The summed E-state index contributed by atoms with van der Waals surface area (Å²) in [7, 11) is 3.14. The van der Waals surface area contributed by atoms with Crippen molar-refractivity contribution in [2.45, 2.75) is 31.8 Å². The van der Waals surface area contributed by atoms with Gasteiger partial charge in [-0.3, -0.25) is 4.79 Å². The van der Waals surface area contributed by atoms with Gasteiger partial charge in [-0.1, -0.05) is 0 Å². The number of benzene rings is 1. The van der Waals surface area contributed by atoms with Gasteiger partial charge in [0.2, 0.25) is 0 Å². The highest BCUT2D eigenvalue weighted by molar-refractivity contribution is 5.95. The van der Waals surface area contributed by atoms with E-state index in [9.17, 15) is 4.79 Å². The average Bonchev–Trinajstić information content (AvgIpc) is 2.48. The van der Waals surface area contributed by atoms with Gasteiger partial charge in [0.1, 0.15) is 0 Å². The fourth-order valence-corrected chi connectivity index (χ4v) is 2.47. The predicted molar refractivity (Wildman–Crippen MR) is 77.5 cm³/mol. The number of hydrogen-bond acceptors (Lipinski definition) is 4. The second kappa shape index (κ2) is 6.61. The van der Waals surface area contributed by atoms with E-state index in [4.69, 9.17) is 9.47 Å². The smallest absolute Gasteiger partial charge is 0.251 e. The Morgan fingerprint density at radius 2 is 2.05 bits per heavy atom. The molecule has 0 aromatic heterocycles. The topological polar surface area (TPSA) is 59.6 Å². The SMILES string of the molecule is COc1ccc(C(=O)NC2CCCNC2C)cc1OC. The maximum Gasteiger partial charge on any atom is 0.251 e. The van der Waals surface area contributed by atoms with E-state index in [0.717, 1.165) is 19.4 Å². The van der Waals surface area contributed by atoms with Gasteiger partial charge in [0.25, 0.3) is 5.91 Å². The molecular formula is C15H22N2O3. The van der Waals surface area contributed by atoms with E-state index in [-0.39, 0.29) is 11.9 Å². The van der Waals surface area contributed by atoms with Gasteiger partial charge in [-0.15, -0.1) is 0 Å². The maximum atomic E-state index is 12.3. The molecule has 0 bridgehead atoms. The van der Waals surface area contributed by atoms with Gasteiger partial charge in [0.05, 0.1) is 14.2 Å². The van der Waals surface area contributed by atoms with E-state index in [1.807, 2.05) is 0 Å². The summed E-state index contributed by atoms with van der Waals surface area (Å²) in [5.74, 6) is 1.11. The summed E-state index contributed by atoms with van der Waals surface area (Å²) in [6, 6.07) is 5.67. The largest absolute Gasteiger partial charge is 0.493 e. The van der Waals surface area contributed by atoms with E-state index in [1.165, 1.54) is 0 Å². The van der Waals surface area contributed by atoms with Crippen LogP contribution in [0.15, 0.2) is 18.2 Å². The van der Waals surface area contributed by atoms with Gasteiger partial charge >= 0.3 is 0 Å². The normalized spacial score (nSPS) is 22.1. The first-order valence-corrected chi connectivity index (χ1v) is 6.92. The number of nitrogens with one attached hydrogen (secondary N) is 2. The lowest BCUT2D eigenvalue weighted by molar-refractivity contribution is 0.0919. The number of piperidine rings is 1. The van der Waals surface area contributed by atoms with Crippen molar-refractivity contribution in [1.82, 2.24) is 10.6 Å². The highest BCUT2D eigenvalue weighted by Gasteiger charge is 2.23. The second-order valence-electron chi connectivity index (χ2n) is 5.03. The monoisotopic (exact) mass is 278 g/mol. The number of carbonyl (C=O) groups is 1. The van der Waals surface area contributed by atoms with Crippen molar-refractivity contribution in [3.8, 4) is 11.5 Å². The van der Waals surface area contributed by atoms with Crippen LogP contribution >= 0.6 is 0 Å². The van der Waals surface area contributed by atoms with Crippen LogP contribution in [0.4, 0.5) is 0 Å². The van der Waals surface area contributed by atoms with Crippen LogP contribution in [0.2, 0.25) is 0 Å². The van der Waals surface area contributed by atoms with Crippen LogP contribution in [0.5, 0.6) is 11.5 Å².